The molecule has 2 aromatic carbocycles. The summed E-state index contributed by atoms with van der Waals surface area (Å²) in [5.41, 5.74) is -0.0946. The van der Waals surface area contributed by atoms with Crippen LogP contribution in [-0.4, -0.2) is 26.0 Å². The average molecular weight is 352 g/mol. The Hall–Kier alpha value is -3.02. The van der Waals surface area contributed by atoms with Gasteiger partial charge in [0.05, 0.1) is 25.6 Å². The minimum absolute atomic E-state index is 0.352. The second kappa shape index (κ2) is 6.71. The second-order valence-electron chi connectivity index (χ2n) is 6.41. The van der Waals surface area contributed by atoms with Crippen LogP contribution in [0.1, 0.15) is 13.8 Å². The van der Waals surface area contributed by atoms with Crippen LogP contribution in [0.4, 0.5) is 11.4 Å². The van der Waals surface area contributed by atoms with Gasteiger partial charge in [0.15, 0.2) is 0 Å². The van der Waals surface area contributed by atoms with Gasteiger partial charge in [-0.2, -0.15) is 0 Å². The minimum atomic E-state index is -1.24. The van der Waals surface area contributed by atoms with Crippen LogP contribution >= 0.6 is 0 Å². The summed E-state index contributed by atoms with van der Waals surface area (Å²) in [5.74, 6) is 0.518. The van der Waals surface area contributed by atoms with E-state index >= 15 is 0 Å². The molecule has 1 aliphatic rings. The summed E-state index contributed by atoms with van der Waals surface area (Å²) in [6.07, 6.45) is 0. The highest BCUT2D eigenvalue weighted by atomic mass is 16.5. The number of amides is 2. The lowest BCUT2D eigenvalue weighted by atomic mass is 9.87. The number of benzene rings is 2. The number of nitrogens with zero attached hydrogens (tertiary/aromatic N) is 2. The van der Waals surface area contributed by atoms with Crippen LogP contribution in [0.2, 0.25) is 0 Å². The maximum Gasteiger partial charge on any atom is 0.244 e. The molecule has 0 N–H and O–H groups in total. The number of ether oxygens (including phenoxy) is 2. The molecule has 0 aliphatic carbocycles. The van der Waals surface area contributed by atoms with Crippen molar-refractivity contribution < 1.29 is 19.1 Å². The van der Waals surface area contributed by atoms with Crippen molar-refractivity contribution in [3.63, 3.8) is 0 Å². The van der Waals surface area contributed by atoms with E-state index in [2.05, 4.69) is 6.67 Å². The van der Waals surface area contributed by atoms with Gasteiger partial charge < -0.3 is 9.47 Å². The highest BCUT2D eigenvalue weighted by molar-refractivity contribution is 6.20. The molecule has 1 saturated heterocycles. The normalized spacial score (nSPS) is 16.6. The van der Waals surface area contributed by atoms with Gasteiger partial charge in [-0.3, -0.25) is 19.4 Å². The summed E-state index contributed by atoms with van der Waals surface area (Å²) in [6, 6.07) is 14.1. The molecule has 26 heavy (non-hydrogen) atoms. The first kappa shape index (κ1) is 17.8. The predicted molar refractivity (Wildman–Crippen MR) is 98.0 cm³/mol. The van der Waals surface area contributed by atoms with E-state index in [1.54, 1.807) is 76.6 Å². The fourth-order valence-corrected chi connectivity index (χ4v) is 2.69. The number of hydrogen-bond donors (Lipinski definition) is 0. The zero-order chi connectivity index (χ0) is 18.9. The molecular formula is C20H20N2O4. The zero-order valence-electron chi connectivity index (χ0n) is 15.1. The molecule has 6 nitrogen and oxygen atoms in total. The highest BCUT2D eigenvalue weighted by Crippen LogP contribution is 2.37. The van der Waals surface area contributed by atoms with Gasteiger partial charge in [0.25, 0.3) is 0 Å². The van der Waals surface area contributed by atoms with Crippen LogP contribution in [-0.2, 0) is 9.59 Å². The van der Waals surface area contributed by atoms with Crippen LogP contribution in [0.15, 0.2) is 48.5 Å². The van der Waals surface area contributed by atoms with E-state index in [0.29, 0.717) is 22.9 Å². The smallest absolute Gasteiger partial charge is 0.244 e. The van der Waals surface area contributed by atoms with E-state index in [1.165, 1.54) is 9.80 Å². The molecule has 2 radical (unpaired) electrons. The number of hydrogen-bond acceptors (Lipinski definition) is 4. The van der Waals surface area contributed by atoms with Gasteiger partial charge in [0, 0.05) is 12.1 Å². The van der Waals surface area contributed by atoms with Crippen LogP contribution in [0, 0.1) is 12.1 Å². The summed E-state index contributed by atoms with van der Waals surface area (Å²) in [4.78, 5) is 28.5. The van der Waals surface area contributed by atoms with E-state index < -0.39 is 5.41 Å². The summed E-state index contributed by atoms with van der Waals surface area (Å²) < 4.78 is 10.5. The van der Waals surface area contributed by atoms with E-state index in [0.717, 1.165) is 0 Å². The third-order valence-corrected chi connectivity index (χ3v) is 4.30. The molecule has 0 aromatic heterocycles. The lowest BCUT2D eigenvalue weighted by Crippen LogP contribution is -2.58. The molecule has 0 unspecified atom stereocenters. The summed E-state index contributed by atoms with van der Waals surface area (Å²) in [7, 11) is 3.11. The molecule has 2 amide bonds. The molecule has 3 rings (SSSR count). The molecular weight excluding hydrogens is 332 g/mol. The molecule has 2 aromatic rings. The monoisotopic (exact) mass is 352 g/mol. The number of anilines is 2. The SMILES string of the molecule is COc1cccc(N2[C]N(c3cccc(OC)c3)C(=O)C(C)(C)C2=O)c1. The third kappa shape index (κ3) is 2.98. The summed E-state index contributed by atoms with van der Waals surface area (Å²) in [5, 5.41) is 0. The predicted octanol–water partition coefficient (Wildman–Crippen LogP) is 3.11. The standard InChI is InChI=1S/C20H20N2O4/c1-20(2)18(23)21(14-7-5-9-16(11-14)25-3)13-22(19(20)24)15-8-6-10-17(12-15)26-4/h5-12H,1-4H3. The zero-order valence-corrected chi connectivity index (χ0v) is 15.1. The lowest BCUT2D eigenvalue weighted by Gasteiger charge is -2.41. The van der Waals surface area contributed by atoms with Crippen molar-refractivity contribution in [3.8, 4) is 11.5 Å². The van der Waals surface area contributed by atoms with E-state index in [9.17, 15) is 9.59 Å². The quantitative estimate of drug-likeness (QED) is 0.794. The first-order chi connectivity index (χ1) is 12.4. The van der Waals surface area contributed by atoms with E-state index in [4.69, 9.17) is 9.47 Å². The number of rotatable bonds is 4. The van der Waals surface area contributed by atoms with Crippen molar-refractivity contribution in [1.82, 2.24) is 0 Å². The number of carbonyl (C=O) groups is 2. The molecule has 0 atom stereocenters. The molecule has 0 spiro atoms. The van der Waals surface area contributed by atoms with Crippen LogP contribution < -0.4 is 19.3 Å². The van der Waals surface area contributed by atoms with Crippen molar-refractivity contribution >= 4 is 23.2 Å². The lowest BCUT2D eigenvalue weighted by molar-refractivity contribution is -0.139. The third-order valence-electron chi connectivity index (χ3n) is 4.30. The maximum atomic E-state index is 12.9. The van der Waals surface area contributed by atoms with Crippen LogP contribution in [0.25, 0.3) is 0 Å². The van der Waals surface area contributed by atoms with Crippen molar-refractivity contribution in [2.75, 3.05) is 24.0 Å². The first-order valence-corrected chi connectivity index (χ1v) is 8.12. The van der Waals surface area contributed by atoms with Gasteiger partial charge in [-0.15, -0.1) is 0 Å². The van der Waals surface area contributed by atoms with Gasteiger partial charge in [-0.05, 0) is 38.1 Å². The van der Waals surface area contributed by atoms with Crippen molar-refractivity contribution in [3.05, 3.63) is 55.2 Å². The van der Waals surface area contributed by atoms with Gasteiger partial charge >= 0.3 is 0 Å². The number of methoxy groups -OCH3 is 2. The van der Waals surface area contributed by atoms with Gasteiger partial charge in [-0.1, -0.05) is 12.1 Å². The fourth-order valence-electron chi connectivity index (χ4n) is 2.69. The fraction of sp³-hybridized carbons (Fsp3) is 0.250. The average Bonchev–Trinajstić information content (AvgIpc) is 2.67. The molecule has 0 saturated carbocycles. The van der Waals surface area contributed by atoms with Gasteiger partial charge in [0.1, 0.15) is 16.9 Å². The van der Waals surface area contributed by atoms with E-state index in [1.807, 2.05) is 0 Å². The Morgan fingerprint density at radius 3 is 1.62 bits per heavy atom. The first-order valence-electron chi connectivity index (χ1n) is 8.12. The Bertz CT molecular complexity index is 780. The Kier molecular flexibility index (Phi) is 4.59. The largest absolute Gasteiger partial charge is 0.497 e. The molecule has 134 valence electrons. The van der Waals surface area contributed by atoms with Gasteiger partial charge in [0.2, 0.25) is 18.5 Å². The van der Waals surface area contributed by atoms with Crippen molar-refractivity contribution in [2.24, 2.45) is 5.41 Å². The molecule has 6 heteroatoms. The van der Waals surface area contributed by atoms with Gasteiger partial charge in [-0.25, -0.2) is 0 Å². The molecule has 1 heterocycles. The number of carbonyl (C=O) groups excluding carboxylic acids is 2. The highest BCUT2D eigenvalue weighted by Gasteiger charge is 2.48. The molecule has 1 aliphatic heterocycles. The van der Waals surface area contributed by atoms with Crippen molar-refractivity contribution in [1.29, 1.82) is 0 Å². The molecule has 0 bridgehead atoms. The van der Waals surface area contributed by atoms with Crippen molar-refractivity contribution in [2.45, 2.75) is 13.8 Å². The minimum Gasteiger partial charge on any atom is -0.497 e. The Morgan fingerprint density at radius 1 is 0.808 bits per heavy atom. The molecule has 1 fully saturated rings. The summed E-state index contributed by atoms with van der Waals surface area (Å²) in [6.45, 7) is 6.12. The van der Waals surface area contributed by atoms with E-state index in [-0.39, 0.29) is 11.8 Å². The van der Waals surface area contributed by atoms with Crippen LogP contribution in [0.3, 0.4) is 0 Å². The Balaban J connectivity index is 2.03. The van der Waals surface area contributed by atoms with Crippen LogP contribution in [0.5, 0.6) is 11.5 Å². The Labute approximate surface area is 152 Å². The maximum absolute atomic E-state index is 12.9. The summed E-state index contributed by atoms with van der Waals surface area (Å²) >= 11 is 0. The second-order valence-corrected chi connectivity index (χ2v) is 6.41. The topological polar surface area (TPSA) is 59.1 Å². The Morgan fingerprint density at radius 2 is 1.23 bits per heavy atom.